The number of nitrogens with zero attached hydrogens (tertiary/aromatic N) is 3. The average Bonchev–Trinajstić information content (AvgIpc) is 3.17. The third kappa shape index (κ3) is 5.15. The molecule has 36 heavy (non-hydrogen) atoms. The van der Waals surface area contributed by atoms with E-state index in [0.717, 1.165) is 4.70 Å². The van der Waals surface area contributed by atoms with Gasteiger partial charge in [0.25, 0.3) is 5.91 Å². The molecule has 3 aromatic rings. The highest BCUT2D eigenvalue weighted by molar-refractivity contribution is 7.89. The van der Waals surface area contributed by atoms with E-state index in [1.165, 1.54) is 47.0 Å². The fourth-order valence-electron chi connectivity index (χ4n) is 3.54. The zero-order chi connectivity index (χ0) is 26.0. The van der Waals surface area contributed by atoms with Gasteiger partial charge in [-0.25, -0.2) is 8.42 Å². The number of rotatable bonds is 7. The van der Waals surface area contributed by atoms with Gasteiger partial charge in [-0.15, -0.1) is 0 Å². The molecule has 0 atom stereocenters. The Morgan fingerprint density at radius 1 is 1.14 bits per heavy atom. The fourth-order valence-corrected chi connectivity index (χ4v) is 5.95. The van der Waals surface area contributed by atoms with Crippen LogP contribution in [0.2, 0.25) is 0 Å². The minimum Gasteiger partial charge on any atom is -0.486 e. The molecule has 1 aliphatic heterocycles. The zero-order valence-electron chi connectivity index (χ0n) is 20.4. The van der Waals surface area contributed by atoms with E-state index >= 15 is 0 Å². The van der Waals surface area contributed by atoms with Gasteiger partial charge < -0.3 is 18.8 Å². The number of benzene rings is 2. The summed E-state index contributed by atoms with van der Waals surface area (Å²) in [7, 11) is -2.17. The average molecular weight is 534 g/mol. The zero-order valence-corrected chi connectivity index (χ0v) is 22.0. The number of hydrogen-bond acceptors (Lipinski definition) is 8. The first-order chi connectivity index (χ1) is 17.1. The maximum atomic E-state index is 13.0. The Morgan fingerprint density at radius 3 is 2.39 bits per heavy atom. The quantitative estimate of drug-likeness (QED) is 0.429. The van der Waals surface area contributed by atoms with Crippen LogP contribution in [0.4, 0.5) is 0 Å². The molecular formula is C24H27N3O7S2. The first-order valence-corrected chi connectivity index (χ1v) is 13.6. The minimum atomic E-state index is -3.68. The molecule has 1 aromatic heterocycles. The molecule has 0 saturated heterocycles. The summed E-state index contributed by atoms with van der Waals surface area (Å²) in [6, 6.07) is 8.97. The van der Waals surface area contributed by atoms with Gasteiger partial charge >= 0.3 is 5.97 Å². The van der Waals surface area contributed by atoms with Gasteiger partial charge in [0.15, 0.2) is 16.3 Å². The Hall–Kier alpha value is -3.22. The lowest BCUT2D eigenvalue weighted by atomic mass is 10.2. The largest absolute Gasteiger partial charge is 0.486 e. The summed E-state index contributed by atoms with van der Waals surface area (Å²) in [6.07, 6.45) is 0. The molecule has 2 aromatic carbocycles. The molecule has 4 rings (SSSR count). The van der Waals surface area contributed by atoms with Gasteiger partial charge in [-0.2, -0.15) is 9.30 Å². The molecule has 2 heterocycles. The van der Waals surface area contributed by atoms with E-state index in [4.69, 9.17) is 14.2 Å². The molecule has 0 spiro atoms. The highest BCUT2D eigenvalue weighted by Gasteiger charge is 2.23. The number of carbonyl (C=O) groups is 2. The number of sulfonamides is 1. The maximum absolute atomic E-state index is 13.0. The molecular weight excluding hydrogens is 506 g/mol. The van der Waals surface area contributed by atoms with Crippen molar-refractivity contribution in [2.24, 2.45) is 4.99 Å². The molecule has 1 amide bonds. The van der Waals surface area contributed by atoms with E-state index in [1.54, 1.807) is 37.5 Å². The van der Waals surface area contributed by atoms with Crippen LogP contribution in [0.5, 0.6) is 11.5 Å². The monoisotopic (exact) mass is 533 g/mol. The summed E-state index contributed by atoms with van der Waals surface area (Å²) < 4.78 is 45.5. The Balaban J connectivity index is 1.73. The highest BCUT2D eigenvalue weighted by atomic mass is 32.2. The summed E-state index contributed by atoms with van der Waals surface area (Å²) in [5, 5.41) is 0. The van der Waals surface area contributed by atoms with Gasteiger partial charge in [0, 0.05) is 30.8 Å². The number of amides is 1. The standard InChI is InChI=1S/C24H27N3O7S2/c1-5-32-22(28)14-27-18-12-19-20(34-11-10-33-19)13-21(18)35-24(27)25-23(29)16-6-8-17(9-7-16)36(30,31)26(4)15(2)3/h6-9,12-13,15H,5,10-11,14H2,1-4H3. The second-order valence-electron chi connectivity index (χ2n) is 8.30. The second kappa shape index (κ2) is 10.4. The van der Waals surface area contributed by atoms with E-state index in [2.05, 4.69) is 4.99 Å². The summed E-state index contributed by atoms with van der Waals surface area (Å²) >= 11 is 1.22. The Labute approximate surface area is 212 Å². The number of esters is 1. The molecule has 0 N–H and O–H groups in total. The van der Waals surface area contributed by atoms with E-state index in [1.807, 2.05) is 0 Å². The van der Waals surface area contributed by atoms with Crippen molar-refractivity contribution in [3.63, 3.8) is 0 Å². The van der Waals surface area contributed by atoms with Crippen LogP contribution < -0.4 is 14.3 Å². The van der Waals surface area contributed by atoms with Crippen LogP contribution in [-0.2, 0) is 26.1 Å². The maximum Gasteiger partial charge on any atom is 0.326 e. The van der Waals surface area contributed by atoms with Crippen molar-refractivity contribution < 1.29 is 32.2 Å². The van der Waals surface area contributed by atoms with Crippen molar-refractivity contribution in [2.45, 2.75) is 38.3 Å². The van der Waals surface area contributed by atoms with Crippen LogP contribution in [0.1, 0.15) is 31.1 Å². The van der Waals surface area contributed by atoms with Crippen molar-refractivity contribution in [1.82, 2.24) is 8.87 Å². The molecule has 10 nitrogen and oxygen atoms in total. The van der Waals surface area contributed by atoms with Crippen LogP contribution in [0.3, 0.4) is 0 Å². The molecule has 0 fully saturated rings. The van der Waals surface area contributed by atoms with Gasteiger partial charge in [-0.1, -0.05) is 11.3 Å². The first kappa shape index (κ1) is 25.9. The van der Waals surface area contributed by atoms with E-state index in [-0.39, 0.29) is 29.7 Å². The number of fused-ring (bicyclic) bond motifs is 2. The molecule has 1 aliphatic rings. The van der Waals surface area contributed by atoms with E-state index < -0.39 is 21.9 Å². The van der Waals surface area contributed by atoms with Crippen LogP contribution in [0.15, 0.2) is 46.3 Å². The van der Waals surface area contributed by atoms with Crippen LogP contribution in [0, 0.1) is 0 Å². The smallest absolute Gasteiger partial charge is 0.326 e. The molecule has 0 bridgehead atoms. The van der Waals surface area contributed by atoms with E-state index in [0.29, 0.717) is 35.0 Å². The lowest BCUT2D eigenvalue weighted by Gasteiger charge is -2.20. The predicted octanol–water partition coefficient (Wildman–Crippen LogP) is 2.81. The lowest BCUT2D eigenvalue weighted by molar-refractivity contribution is -0.143. The van der Waals surface area contributed by atoms with Gasteiger partial charge in [0.1, 0.15) is 19.8 Å². The third-order valence-electron chi connectivity index (χ3n) is 5.64. The van der Waals surface area contributed by atoms with Gasteiger partial charge in [-0.05, 0) is 45.0 Å². The minimum absolute atomic E-state index is 0.0834. The molecule has 0 unspecified atom stereocenters. The molecule has 0 aliphatic carbocycles. The van der Waals surface area contributed by atoms with E-state index in [9.17, 15) is 18.0 Å². The van der Waals surface area contributed by atoms with Gasteiger partial charge in [-0.3, -0.25) is 9.59 Å². The predicted molar refractivity (Wildman–Crippen MR) is 134 cm³/mol. The third-order valence-corrected chi connectivity index (χ3v) is 8.73. The van der Waals surface area contributed by atoms with Crippen molar-refractivity contribution in [2.75, 3.05) is 26.9 Å². The van der Waals surface area contributed by atoms with Crippen LogP contribution in [0.25, 0.3) is 10.2 Å². The topological polar surface area (TPSA) is 117 Å². The van der Waals surface area contributed by atoms with Gasteiger partial charge in [0.05, 0.1) is 21.7 Å². The van der Waals surface area contributed by atoms with Crippen molar-refractivity contribution >= 4 is 43.5 Å². The summed E-state index contributed by atoms with van der Waals surface area (Å²) in [5.74, 6) is 0.0898. The second-order valence-corrected chi connectivity index (χ2v) is 11.3. The van der Waals surface area contributed by atoms with Crippen LogP contribution in [-0.4, -0.2) is 62.1 Å². The van der Waals surface area contributed by atoms with Gasteiger partial charge in [0.2, 0.25) is 10.0 Å². The number of aromatic nitrogens is 1. The number of hydrogen-bond donors (Lipinski definition) is 0. The lowest BCUT2D eigenvalue weighted by Crippen LogP contribution is -2.33. The summed E-state index contributed by atoms with van der Waals surface area (Å²) in [6.45, 7) is 6.20. The number of ether oxygens (including phenoxy) is 3. The SMILES string of the molecule is CCOC(=O)Cn1c(=NC(=O)c2ccc(S(=O)(=O)N(C)C(C)C)cc2)sc2cc3c(cc21)OCCO3. The van der Waals surface area contributed by atoms with Crippen LogP contribution >= 0.6 is 11.3 Å². The number of thiazole rings is 1. The molecule has 0 saturated carbocycles. The highest BCUT2D eigenvalue weighted by Crippen LogP contribution is 2.35. The number of carbonyl (C=O) groups excluding carboxylic acids is 2. The molecule has 0 radical (unpaired) electrons. The molecule has 12 heteroatoms. The van der Waals surface area contributed by atoms with Crippen molar-refractivity contribution in [3.05, 3.63) is 46.8 Å². The molecule has 192 valence electrons. The summed E-state index contributed by atoms with van der Waals surface area (Å²) in [5.41, 5.74) is 0.870. The first-order valence-electron chi connectivity index (χ1n) is 11.4. The Kier molecular flexibility index (Phi) is 7.48. The Bertz CT molecular complexity index is 1470. The fraction of sp³-hybridized carbons (Fsp3) is 0.375. The van der Waals surface area contributed by atoms with Crippen molar-refractivity contribution in [3.8, 4) is 11.5 Å². The normalized spacial score (nSPS) is 14.0. The van der Waals surface area contributed by atoms with Crippen molar-refractivity contribution in [1.29, 1.82) is 0 Å². The Morgan fingerprint density at radius 2 is 1.78 bits per heavy atom. The summed E-state index contributed by atoms with van der Waals surface area (Å²) in [4.78, 5) is 29.9.